The van der Waals surface area contributed by atoms with E-state index in [0.29, 0.717) is 13.1 Å². The van der Waals surface area contributed by atoms with Crippen molar-refractivity contribution >= 4 is 22.0 Å². The van der Waals surface area contributed by atoms with E-state index in [2.05, 4.69) is 27.0 Å². The molecule has 1 saturated heterocycles. The topological polar surface area (TPSA) is 66.2 Å². The van der Waals surface area contributed by atoms with Crippen LogP contribution in [0.25, 0.3) is 0 Å². The average molecular weight is 282 g/mol. The first-order valence-electron chi connectivity index (χ1n) is 4.67. The molecular formula is C10H8BrN3O2. The molecule has 1 fully saturated rings. The molecule has 82 valence electrons. The minimum atomic E-state index is -0.457. The molecule has 6 heteroatoms. The van der Waals surface area contributed by atoms with Gasteiger partial charge in [-0.2, -0.15) is 5.26 Å². The number of hydrogen-bond donors (Lipinski definition) is 0. The Morgan fingerprint density at radius 1 is 1.62 bits per heavy atom. The molecule has 0 bridgehead atoms. The average Bonchev–Trinajstić information content (AvgIpc) is 2.20. The highest BCUT2D eigenvalue weighted by molar-refractivity contribution is 9.10. The zero-order valence-electron chi connectivity index (χ0n) is 8.26. The Morgan fingerprint density at radius 3 is 2.94 bits per heavy atom. The first kappa shape index (κ1) is 10.9. The van der Waals surface area contributed by atoms with E-state index >= 15 is 0 Å². The van der Waals surface area contributed by atoms with Crippen LogP contribution in [0.4, 0.5) is 4.79 Å². The molecule has 1 aliphatic rings. The van der Waals surface area contributed by atoms with E-state index in [4.69, 9.17) is 10.00 Å². The third kappa shape index (κ3) is 2.31. The van der Waals surface area contributed by atoms with Gasteiger partial charge in [0.15, 0.2) is 0 Å². The van der Waals surface area contributed by atoms with Gasteiger partial charge in [0.2, 0.25) is 5.88 Å². The standard InChI is InChI=1S/C10H8BrN3O2/c11-8-1-2-9(13-4-8)16-10(15)14-5-7(3-12)6-14/h1-2,4,7H,5-6H2. The van der Waals surface area contributed by atoms with Crippen LogP contribution in [-0.4, -0.2) is 29.1 Å². The third-order valence-corrected chi connectivity index (χ3v) is 2.68. The SMILES string of the molecule is N#CC1CN(C(=O)Oc2ccc(Br)cn2)C1. The fourth-order valence-electron chi connectivity index (χ4n) is 1.29. The summed E-state index contributed by atoms with van der Waals surface area (Å²) >= 11 is 3.23. The van der Waals surface area contributed by atoms with Crippen LogP contribution >= 0.6 is 15.9 Å². The van der Waals surface area contributed by atoms with Gasteiger partial charge in [-0.25, -0.2) is 9.78 Å². The fourth-order valence-corrected chi connectivity index (χ4v) is 1.52. The number of halogens is 1. The summed E-state index contributed by atoms with van der Waals surface area (Å²) in [6, 6.07) is 5.43. The zero-order chi connectivity index (χ0) is 11.5. The summed E-state index contributed by atoms with van der Waals surface area (Å²) in [6.07, 6.45) is 1.10. The highest BCUT2D eigenvalue weighted by atomic mass is 79.9. The van der Waals surface area contributed by atoms with Gasteiger partial charge in [-0.05, 0) is 22.0 Å². The van der Waals surface area contributed by atoms with Crippen molar-refractivity contribution in [2.75, 3.05) is 13.1 Å². The lowest BCUT2D eigenvalue weighted by molar-refractivity contribution is 0.104. The molecule has 0 unspecified atom stereocenters. The Balaban J connectivity index is 1.89. The predicted molar refractivity (Wildman–Crippen MR) is 58.6 cm³/mol. The summed E-state index contributed by atoms with van der Waals surface area (Å²) in [5.41, 5.74) is 0. The van der Waals surface area contributed by atoms with Crippen molar-refractivity contribution in [2.45, 2.75) is 0 Å². The fraction of sp³-hybridized carbons (Fsp3) is 0.300. The minimum Gasteiger partial charge on any atom is -0.391 e. The number of aromatic nitrogens is 1. The quantitative estimate of drug-likeness (QED) is 0.787. The number of nitrogens with zero attached hydrogens (tertiary/aromatic N) is 3. The molecule has 1 amide bonds. The molecule has 0 spiro atoms. The number of rotatable bonds is 1. The lowest BCUT2D eigenvalue weighted by Gasteiger charge is -2.33. The molecular weight excluding hydrogens is 274 g/mol. The van der Waals surface area contributed by atoms with Crippen LogP contribution in [0.3, 0.4) is 0 Å². The van der Waals surface area contributed by atoms with Crippen molar-refractivity contribution < 1.29 is 9.53 Å². The molecule has 0 radical (unpaired) electrons. The van der Waals surface area contributed by atoms with E-state index in [0.717, 1.165) is 4.47 Å². The number of amides is 1. The number of ether oxygens (including phenoxy) is 1. The second kappa shape index (κ2) is 4.49. The van der Waals surface area contributed by atoms with E-state index in [1.54, 1.807) is 18.3 Å². The Morgan fingerprint density at radius 2 is 2.38 bits per heavy atom. The van der Waals surface area contributed by atoms with Crippen LogP contribution < -0.4 is 4.74 Å². The maximum absolute atomic E-state index is 11.5. The zero-order valence-corrected chi connectivity index (χ0v) is 9.85. The summed E-state index contributed by atoms with van der Waals surface area (Å²) in [4.78, 5) is 16.9. The summed E-state index contributed by atoms with van der Waals surface area (Å²) in [5, 5.41) is 8.56. The highest BCUT2D eigenvalue weighted by Crippen LogP contribution is 2.17. The number of pyridine rings is 1. The van der Waals surface area contributed by atoms with E-state index in [1.165, 1.54) is 4.90 Å². The highest BCUT2D eigenvalue weighted by Gasteiger charge is 2.31. The van der Waals surface area contributed by atoms with E-state index < -0.39 is 6.09 Å². The molecule has 16 heavy (non-hydrogen) atoms. The van der Waals surface area contributed by atoms with Crippen molar-refractivity contribution in [3.8, 4) is 11.9 Å². The number of carbonyl (C=O) groups is 1. The number of carbonyl (C=O) groups excluding carboxylic acids is 1. The van der Waals surface area contributed by atoms with Crippen molar-refractivity contribution in [1.82, 2.24) is 9.88 Å². The lowest BCUT2D eigenvalue weighted by Crippen LogP contribution is -2.50. The van der Waals surface area contributed by atoms with E-state index in [-0.39, 0.29) is 11.8 Å². The molecule has 1 aromatic heterocycles. The van der Waals surface area contributed by atoms with Gasteiger partial charge in [0.05, 0.1) is 12.0 Å². The van der Waals surface area contributed by atoms with E-state index in [9.17, 15) is 4.79 Å². The normalized spacial score (nSPS) is 15.1. The molecule has 1 aromatic rings. The summed E-state index contributed by atoms with van der Waals surface area (Å²) in [6.45, 7) is 0.873. The van der Waals surface area contributed by atoms with Crippen LogP contribution in [0.15, 0.2) is 22.8 Å². The Labute approximate surface area is 101 Å². The Hall–Kier alpha value is -1.61. The summed E-state index contributed by atoms with van der Waals surface area (Å²) < 4.78 is 5.83. The third-order valence-electron chi connectivity index (χ3n) is 2.21. The van der Waals surface area contributed by atoms with Crippen LogP contribution in [0.1, 0.15) is 0 Å². The molecule has 0 N–H and O–H groups in total. The van der Waals surface area contributed by atoms with Crippen LogP contribution in [-0.2, 0) is 0 Å². The monoisotopic (exact) mass is 281 g/mol. The van der Waals surface area contributed by atoms with Gasteiger partial charge < -0.3 is 9.64 Å². The Kier molecular flexibility index (Phi) is 3.06. The number of hydrogen-bond acceptors (Lipinski definition) is 4. The molecule has 5 nitrogen and oxygen atoms in total. The first-order valence-corrected chi connectivity index (χ1v) is 5.46. The van der Waals surface area contributed by atoms with Crippen LogP contribution in [0, 0.1) is 17.2 Å². The van der Waals surface area contributed by atoms with Gasteiger partial charge in [-0.1, -0.05) is 0 Å². The lowest BCUT2D eigenvalue weighted by atomic mass is 10.0. The van der Waals surface area contributed by atoms with Gasteiger partial charge in [0, 0.05) is 29.8 Å². The maximum Gasteiger partial charge on any atom is 0.416 e. The molecule has 1 aliphatic heterocycles. The molecule has 0 aliphatic carbocycles. The van der Waals surface area contributed by atoms with Gasteiger partial charge in [-0.3, -0.25) is 0 Å². The van der Waals surface area contributed by atoms with Crippen molar-refractivity contribution in [2.24, 2.45) is 5.92 Å². The first-order chi connectivity index (χ1) is 7.69. The predicted octanol–water partition coefficient (Wildman–Crippen LogP) is 1.80. The van der Waals surface area contributed by atoms with Gasteiger partial charge in [0.25, 0.3) is 0 Å². The van der Waals surface area contributed by atoms with Crippen molar-refractivity contribution in [3.63, 3.8) is 0 Å². The molecule has 0 aromatic carbocycles. The minimum absolute atomic E-state index is 0.0644. The largest absolute Gasteiger partial charge is 0.416 e. The maximum atomic E-state index is 11.5. The Bertz CT molecular complexity index is 434. The van der Waals surface area contributed by atoms with Gasteiger partial charge in [0.1, 0.15) is 0 Å². The van der Waals surface area contributed by atoms with E-state index in [1.807, 2.05) is 0 Å². The molecule has 0 saturated carbocycles. The second-order valence-corrected chi connectivity index (χ2v) is 4.33. The molecule has 0 atom stereocenters. The molecule has 2 heterocycles. The van der Waals surface area contributed by atoms with Gasteiger partial charge >= 0.3 is 6.09 Å². The van der Waals surface area contributed by atoms with Gasteiger partial charge in [-0.15, -0.1) is 0 Å². The van der Waals surface area contributed by atoms with Crippen molar-refractivity contribution in [1.29, 1.82) is 5.26 Å². The second-order valence-electron chi connectivity index (χ2n) is 3.41. The number of likely N-dealkylation sites (tertiary alicyclic amines) is 1. The molecule has 2 rings (SSSR count). The smallest absolute Gasteiger partial charge is 0.391 e. The number of nitriles is 1. The summed E-state index contributed by atoms with van der Waals surface area (Å²) in [5.74, 6) is 0.194. The van der Waals surface area contributed by atoms with Crippen LogP contribution in [0.2, 0.25) is 0 Å². The summed E-state index contributed by atoms with van der Waals surface area (Å²) in [7, 11) is 0. The van der Waals surface area contributed by atoms with Crippen LogP contribution in [0.5, 0.6) is 5.88 Å². The van der Waals surface area contributed by atoms with Crippen molar-refractivity contribution in [3.05, 3.63) is 22.8 Å².